The van der Waals surface area contributed by atoms with Crippen molar-refractivity contribution in [2.45, 2.75) is 12.8 Å². The molecule has 3 nitrogen and oxygen atoms in total. The van der Waals surface area contributed by atoms with E-state index in [-0.39, 0.29) is 12.5 Å². The smallest absolute Gasteiger partial charge is 0.250 e. The molecule has 1 amide bonds. The van der Waals surface area contributed by atoms with Gasteiger partial charge in [0.15, 0.2) is 0 Å². The molecule has 0 radical (unpaired) electrons. The second-order valence-corrected chi connectivity index (χ2v) is 2.56. The van der Waals surface area contributed by atoms with Crippen molar-refractivity contribution >= 4 is 5.91 Å². The summed E-state index contributed by atoms with van der Waals surface area (Å²) >= 11 is 0. The molecule has 0 spiro atoms. The quantitative estimate of drug-likeness (QED) is 0.684. The summed E-state index contributed by atoms with van der Waals surface area (Å²) in [6.07, 6.45) is 3.03. The number of nitrogens with one attached hydrogen (secondary N) is 1. The molecule has 0 aromatic rings. The Kier molecular flexibility index (Phi) is 3.57. The first-order valence-corrected chi connectivity index (χ1v) is 3.99. The van der Waals surface area contributed by atoms with E-state index in [1.165, 1.54) is 6.26 Å². The SMILES string of the molecule is O=C(NCCF)C1=COCCC1. The van der Waals surface area contributed by atoms with E-state index in [4.69, 9.17) is 4.74 Å². The van der Waals surface area contributed by atoms with Crippen LogP contribution in [0.25, 0.3) is 0 Å². The molecule has 0 atom stereocenters. The summed E-state index contributed by atoms with van der Waals surface area (Å²) in [7, 11) is 0. The molecule has 1 aliphatic rings. The number of amides is 1. The standard InChI is InChI=1S/C8H12FNO2/c9-3-4-10-8(11)7-2-1-5-12-6-7/h6H,1-5H2,(H,10,11). The number of alkyl halides is 1. The Labute approximate surface area is 70.6 Å². The fraction of sp³-hybridized carbons (Fsp3) is 0.625. The third-order valence-electron chi connectivity index (χ3n) is 1.61. The van der Waals surface area contributed by atoms with Gasteiger partial charge in [-0.25, -0.2) is 4.39 Å². The maximum Gasteiger partial charge on any atom is 0.250 e. The first-order chi connectivity index (χ1) is 5.84. The molecule has 1 N–H and O–H groups in total. The van der Waals surface area contributed by atoms with Crippen LogP contribution in [0.4, 0.5) is 4.39 Å². The molecule has 12 heavy (non-hydrogen) atoms. The van der Waals surface area contributed by atoms with Crippen LogP contribution >= 0.6 is 0 Å². The van der Waals surface area contributed by atoms with E-state index in [2.05, 4.69) is 5.32 Å². The van der Waals surface area contributed by atoms with Crippen LogP contribution < -0.4 is 5.32 Å². The maximum absolute atomic E-state index is 11.7. The van der Waals surface area contributed by atoms with Crippen LogP contribution in [0.3, 0.4) is 0 Å². The maximum atomic E-state index is 11.7. The molecule has 0 saturated carbocycles. The predicted octanol–water partition coefficient (Wildman–Crippen LogP) is 0.766. The molecule has 1 rings (SSSR count). The lowest BCUT2D eigenvalue weighted by atomic mass is 10.1. The van der Waals surface area contributed by atoms with E-state index in [0.29, 0.717) is 12.2 Å². The van der Waals surface area contributed by atoms with Crippen molar-refractivity contribution in [1.82, 2.24) is 5.32 Å². The monoisotopic (exact) mass is 173 g/mol. The normalized spacial score (nSPS) is 16.2. The van der Waals surface area contributed by atoms with E-state index in [1.54, 1.807) is 0 Å². The van der Waals surface area contributed by atoms with Crippen LogP contribution in [0.2, 0.25) is 0 Å². The van der Waals surface area contributed by atoms with E-state index < -0.39 is 6.67 Å². The number of hydrogen-bond donors (Lipinski definition) is 1. The molecule has 68 valence electrons. The fourth-order valence-electron chi connectivity index (χ4n) is 1.01. The third kappa shape index (κ3) is 2.53. The van der Waals surface area contributed by atoms with Crippen molar-refractivity contribution < 1.29 is 13.9 Å². The van der Waals surface area contributed by atoms with Gasteiger partial charge in [-0.2, -0.15) is 0 Å². The summed E-state index contributed by atoms with van der Waals surface area (Å²) in [5.74, 6) is -0.215. The van der Waals surface area contributed by atoms with E-state index in [9.17, 15) is 9.18 Å². The molecular formula is C8H12FNO2. The lowest BCUT2D eigenvalue weighted by Gasteiger charge is -2.12. The Bertz CT molecular complexity index is 191. The van der Waals surface area contributed by atoms with E-state index in [0.717, 1.165) is 12.8 Å². The van der Waals surface area contributed by atoms with E-state index >= 15 is 0 Å². The number of carbonyl (C=O) groups is 1. The Hall–Kier alpha value is -1.06. The van der Waals surface area contributed by atoms with Crippen LogP contribution in [0.5, 0.6) is 0 Å². The summed E-state index contributed by atoms with van der Waals surface area (Å²) in [5.41, 5.74) is 0.606. The van der Waals surface area contributed by atoms with Gasteiger partial charge in [0.2, 0.25) is 5.91 Å². The summed E-state index contributed by atoms with van der Waals surface area (Å²) in [5, 5.41) is 2.44. The Morgan fingerprint density at radius 2 is 2.58 bits per heavy atom. The molecule has 0 aliphatic carbocycles. The topological polar surface area (TPSA) is 38.3 Å². The second kappa shape index (κ2) is 4.74. The number of hydrogen-bond acceptors (Lipinski definition) is 2. The van der Waals surface area contributed by atoms with Gasteiger partial charge in [0.05, 0.1) is 18.4 Å². The van der Waals surface area contributed by atoms with Gasteiger partial charge in [0.25, 0.3) is 0 Å². The average molecular weight is 173 g/mol. The van der Waals surface area contributed by atoms with Crippen molar-refractivity contribution in [3.8, 4) is 0 Å². The molecule has 1 heterocycles. The molecule has 0 fully saturated rings. The third-order valence-corrected chi connectivity index (χ3v) is 1.61. The van der Waals surface area contributed by atoms with Crippen LogP contribution in [0.1, 0.15) is 12.8 Å². The van der Waals surface area contributed by atoms with Gasteiger partial charge < -0.3 is 10.1 Å². The Balaban J connectivity index is 2.35. The fourth-order valence-corrected chi connectivity index (χ4v) is 1.01. The van der Waals surface area contributed by atoms with Crippen molar-refractivity contribution in [2.24, 2.45) is 0 Å². The zero-order valence-electron chi connectivity index (χ0n) is 6.81. The predicted molar refractivity (Wildman–Crippen MR) is 42.3 cm³/mol. The van der Waals surface area contributed by atoms with Crippen molar-refractivity contribution in [2.75, 3.05) is 19.8 Å². The van der Waals surface area contributed by atoms with Crippen LogP contribution in [-0.4, -0.2) is 25.7 Å². The van der Waals surface area contributed by atoms with Gasteiger partial charge in [-0.05, 0) is 12.8 Å². The van der Waals surface area contributed by atoms with Crippen molar-refractivity contribution in [3.05, 3.63) is 11.8 Å². The summed E-state index contributed by atoms with van der Waals surface area (Å²) in [6.45, 7) is 0.218. The highest BCUT2D eigenvalue weighted by Crippen LogP contribution is 2.10. The first kappa shape index (κ1) is 9.03. The summed E-state index contributed by atoms with van der Waals surface area (Å²) in [6, 6.07) is 0. The van der Waals surface area contributed by atoms with Crippen LogP contribution in [0, 0.1) is 0 Å². The number of halogens is 1. The van der Waals surface area contributed by atoms with Gasteiger partial charge in [-0.3, -0.25) is 4.79 Å². The lowest BCUT2D eigenvalue weighted by molar-refractivity contribution is -0.118. The van der Waals surface area contributed by atoms with E-state index in [1.807, 2.05) is 0 Å². The van der Waals surface area contributed by atoms with Crippen molar-refractivity contribution in [3.63, 3.8) is 0 Å². The molecule has 0 saturated heterocycles. The first-order valence-electron chi connectivity index (χ1n) is 3.99. The van der Waals surface area contributed by atoms with Gasteiger partial charge in [-0.15, -0.1) is 0 Å². The average Bonchev–Trinajstić information content (AvgIpc) is 2.15. The zero-order chi connectivity index (χ0) is 8.81. The summed E-state index contributed by atoms with van der Waals surface area (Å²) < 4.78 is 16.6. The molecule has 0 aromatic heterocycles. The van der Waals surface area contributed by atoms with Crippen molar-refractivity contribution in [1.29, 1.82) is 0 Å². The van der Waals surface area contributed by atoms with Gasteiger partial charge in [0, 0.05) is 6.54 Å². The molecule has 0 bridgehead atoms. The zero-order valence-corrected chi connectivity index (χ0v) is 6.81. The largest absolute Gasteiger partial charge is 0.501 e. The molecule has 0 aromatic carbocycles. The second-order valence-electron chi connectivity index (χ2n) is 2.56. The molecular weight excluding hydrogens is 161 g/mol. The molecule has 4 heteroatoms. The van der Waals surface area contributed by atoms with Gasteiger partial charge >= 0.3 is 0 Å². The summed E-state index contributed by atoms with van der Waals surface area (Å²) in [4.78, 5) is 11.1. The van der Waals surface area contributed by atoms with Crippen LogP contribution in [-0.2, 0) is 9.53 Å². The Morgan fingerprint density at radius 1 is 1.75 bits per heavy atom. The molecule has 0 unspecified atom stereocenters. The minimum absolute atomic E-state index is 0.0795. The molecule has 1 aliphatic heterocycles. The van der Waals surface area contributed by atoms with Crippen LogP contribution in [0.15, 0.2) is 11.8 Å². The highest BCUT2D eigenvalue weighted by Gasteiger charge is 2.11. The highest BCUT2D eigenvalue weighted by atomic mass is 19.1. The number of ether oxygens (including phenoxy) is 1. The van der Waals surface area contributed by atoms with Gasteiger partial charge in [0.1, 0.15) is 6.67 Å². The highest BCUT2D eigenvalue weighted by molar-refractivity contribution is 5.93. The lowest BCUT2D eigenvalue weighted by Crippen LogP contribution is -2.28. The Morgan fingerprint density at radius 3 is 3.17 bits per heavy atom. The number of carbonyl (C=O) groups excluding carboxylic acids is 1. The van der Waals surface area contributed by atoms with Gasteiger partial charge in [-0.1, -0.05) is 0 Å². The minimum Gasteiger partial charge on any atom is -0.501 e. The minimum atomic E-state index is -0.528. The number of rotatable bonds is 3.